The number of hydrogen-bond acceptors (Lipinski definition) is 4. The van der Waals surface area contributed by atoms with Gasteiger partial charge >= 0.3 is 0 Å². The lowest BCUT2D eigenvalue weighted by atomic mass is 9.87. The van der Waals surface area contributed by atoms with Gasteiger partial charge in [-0.2, -0.15) is 0 Å². The van der Waals surface area contributed by atoms with E-state index in [0.29, 0.717) is 6.61 Å². The van der Waals surface area contributed by atoms with Crippen LogP contribution in [-0.2, 0) is 14.2 Å². The molecule has 2 N–H and O–H groups in total. The Labute approximate surface area is 78.3 Å². The summed E-state index contributed by atoms with van der Waals surface area (Å²) >= 11 is 0. The molecule has 1 spiro atoms. The highest BCUT2D eigenvalue weighted by molar-refractivity contribution is 5.01. The van der Waals surface area contributed by atoms with Crippen LogP contribution in [0.1, 0.15) is 12.8 Å². The topological polar surface area (TPSA) is 53.7 Å². The summed E-state index contributed by atoms with van der Waals surface area (Å²) in [5.41, 5.74) is 5.74. The fourth-order valence-electron chi connectivity index (χ4n) is 2.36. The Balaban J connectivity index is 2.11. The molecule has 0 aliphatic carbocycles. The molecule has 2 fully saturated rings. The molecule has 0 saturated carbocycles. The van der Waals surface area contributed by atoms with Gasteiger partial charge in [0.25, 0.3) is 0 Å². The molecule has 4 heteroatoms. The van der Waals surface area contributed by atoms with Crippen LogP contribution in [0.3, 0.4) is 0 Å². The predicted molar refractivity (Wildman–Crippen MR) is 47.5 cm³/mol. The van der Waals surface area contributed by atoms with Crippen LogP contribution in [0.25, 0.3) is 0 Å². The molecule has 0 amide bonds. The molecule has 2 saturated heterocycles. The van der Waals surface area contributed by atoms with Crippen LogP contribution >= 0.6 is 0 Å². The van der Waals surface area contributed by atoms with Crippen molar-refractivity contribution in [2.75, 3.05) is 26.9 Å². The number of ether oxygens (including phenoxy) is 3. The van der Waals surface area contributed by atoms with Crippen LogP contribution in [0, 0.1) is 0 Å². The Morgan fingerprint density at radius 1 is 1.38 bits per heavy atom. The minimum atomic E-state index is -0.160. The second kappa shape index (κ2) is 3.53. The van der Waals surface area contributed by atoms with Gasteiger partial charge in [-0.25, -0.2) is 0 Å². The van der Waals surface area contributed by atoms with Gasteiger partial charge in [-0.3, -0.25) is 0 Å². The molecule has 0 aromatic carbocycles. The van der Waals surface area contributed by atoms with E-state index >= 15 is 0 Å². The number of nitrogens with two attached hydrogens (primary N) is 1. The predicted octanol–water partition coefficient (Wildman–Crippen LogP) is -0.0919. The Hall–Kier alpha value is -0.160. The molecule has 0 unspecified atom stereocenters. The maximum absolute atomic E-state index is 5.90. The van der Waals surface area contributed by atoms with Crippen molar-refractivity contribution in [3.05, 3.63) is 0 Å². The molecule has 76 valence electrons. The highest BCUT2D eigenvalue weighted by atomic mass is 16.6. The Morgan fingerprint density at radius 2 is 2.08 bits per heavy atom. The van der Waals surface area contributed by atoms with E-state index in [4.69, 9.17) is 19.9 Å². The zero-order valence-corrected chi connectivity index (χ0v) is 7.99. The van der Waals surface area contributed by atoms with E-state index in [1.807, 2.05) is 0 Å². The maximum Gasteiger partial charge on any atom is 0.103 e. The van der Waals surface area contributed by atoms with Gasteiger partial charge in [0, 0.05) is 33.2 Å². The lowest BCUT2D eigenvalue weighted by Crippen LogP contribution is -2.50. The van der Waals surface area contributed by atoms with E-state index in [2.05, 4.69) is 0 Å². The van der Waals surface area contributed by atoms with E-state index in [0.717, 1.165) is 26.1 Å². The van der Waals surface area contributed by atoms with E-state index in [1.54, 1.807) is 7.11 Å². The second-order valence-electron chi connectivity index (χ2n) is 3.81. The highest BCUT2D eigenvalue weighted by Crippen LogP contribution is 2.36. The maximum atomic E-state index is 5.90. The van der Waals surface area contributed by atoms with Crippen molar-refractivity contribution >= 4 is 0 Å². The highest BCUT2D eigenvalue weighted by Gasteiger charge is 2.49. The molecule has 2 heterocycles. The lowest BCUT2D eigenvalue weighted by Gasteiger charge is -2.37. The fourth-order valence-corrected chi connectivity index (χ4v) is 2.36. The first-order chi connectivity index (χ1) is 6.28. The SMILES string of the molecule is CO[C@H]1[C@H](N)COC12CCOCC2. The van der Waals surface area contributed by atoms with Crippen molar-refractivity contribution in [3.8, 4) is 0 Å². The summed E-state index contributed by atoms with van der Waals surface area (Å²) < 4.78 is 16.5. The first kappa shape index (κ1) is 9.40. The first-order valence-electron chi connectivity index (χ1n) is 4.78. The van der Waals surface area contributed by atoms with Gasteiger partial charge in [-0.05, 0) is 0 Å². The summed E-state index contributed by atoms with van der Waals surface area (Å²) in [5.74, 6) is 0. The average molecular weight is 187 g/mol. The van der Waals surface area contributed by atoms with Crippen molar-refractivity contribution in [3.63, 3.8) is 0 Å². The smallest absolute Gasteiger partial charge is 0.103 e. The standard InChI is InChI=1S/C9H17NO3/c1-11-8-7(10)6-13-9(8)2-4-12-5-3-9/h7-8H,2-6,10H2,1H3/t7-,8+/m1/s1. The molecule has 2 aliphatic rings. The zero-order chi connectivity index (χ0) is 9.31. The second-order valence-corrected chi connectivity index (χ2v) is 3.81. The van der Waals surface area contributed by atoms with E-state index in [-0.39, 0.29) is 17.7 Å². The van der Waals surface area contributed by atoms with E-state index in [1.165, 1.54) is 0 Å². The summed E-state index contributed by atoms with van der Waals surface area (Å²) in [7, 11) is 1.70. The zero-order valence-electron chi connectivity index (χ0n) is 7.99. The number of methoxy groups -OCH3 is 1. The van der Waals surface area contributed by atoms with Gasteiger partial charge in [-0.15, -0.1) is 0 Å². The minimum absolute atomic E-state index is 0.0168. The molecule has 2 atom stereocenters. The molecular weight excluding hydrogens is 170 g/mol. The molecule has 0 aromatic rings. The molecule has 13 heavy (non-hydrogen) atoms. The summed E-state index contributed by atoms with van der Waals surface area (Å²) in [6.45, 7) is 2.12. The third-order valence-corrected chi connectivity index (χ3v) is 3.06. The van der Waals surface area contributed by atoms with Crippen LogP contribution < -0.4 is 5.73 Å². The van der Waals surface area contributed by atoms with Gasteiger partial charge in [0.05, 0.1) is 12.6 Å². The molecule has 0 radical (unpaired) electrons. The Kier molecular flexibility index (Phi) is 2.55. The third kappa shape index (κ3) is 1.48. The van der Waals surface area contributed by atoms with Crippen LogP contribution in [0.2, 0.25) is 0 Å². The van der Waals surface area contributed by atoms with Crippen molar-refractivity contribution < 1.29 is 14.2 Å². The molecule has 0 aromatic heterocycles. The summed E-state index contributed by atoms with van der Waals surface area (Å²) in [6, 6.07) is 0.0168. The normalized spacial score (nSPS) is 38.3. The quantitative estimate of drug-likeness (QED) is 0.623. The summed E-state index contributed by atoms with van der Waals surface area (Å²) in [4.78, 5) is 0. The summed E-state index contributed by atoms with van der Waals surface area (Å²) in [6.07, 6.45) is 1.84. The third-order valence-electron chi connectivity index (χ3n) is 3.06. The van der Waals surface area contributed by atoms with Crippen molar-refractivity contribution in [1.29, 1.82) is 0 Å². The molecule has 4 nitrogen and oxygen atoms in total. The van der Waals surface area contributed by atoms with Crippen molar-refractivity contribution in [2.45, 2.75) is 30.6 Å². The minimum Gasteiger partial charge on any atom is -0.381 e. The van der Waals surface area contributed by atoms with Gasteiger partial charge in [-0.1, -0.05) is 0 Å². The van der Waals surface area contributed by atoms with Crippen LogP contribution in [-0.4, -0.2) is 44.7 Å². The Bertz CT molecular complexity index is 174. The lowest BCUT2D eigenvalue weighted by molar-refractivity contribution is -0.128. The van der Waals surface area contributed by atoms with Gasteiger partial charge < -0.3 is 19.9 Å². The largest absolute Gasteiger partial charge is 0.381 e. The van der Waals surface area contributed by atoms with Gasteiger partial charge in [0.1, 0.15) is 11.7 Å². The molecule has 0 bridgehead atoms. The fraction of sp³-hybridized carbons (Fsp3) is 1.00. The first-order valence-corrected chi connectivity index (χ1v) is 4.78. The van der Waals surface area contributed by atoms with Gasteiger partial charge in [0.15, 0.2) is 0 Å². The van der Waals surface area contributed by atoms with E-state index in [9.17, 15) is 0 Å². The number of hydrogen-bond donors (Lipinski definition) is 1. The van der Waals surface area contributed by atoms with Crippen molar-refractivity contribution in [1.82, 2.24) is 0 Å². The molecular formula is C9H17NO3. The van der Waals surface area contributed by atoms with Crippen LogP contribution in [0.15, 0.2) is 0 Å². The van der Waals surface area contributed by atoms with Crippen molar-refractivity contribution in [2.24, 2.45) is 5.73 Å². The van der Waals surface area contributed by atoms with Gasteiger partial charge in [0.2, 0.25) is 0 Å². The van der Waals surface area contributed by atoms with E-state index < -0.39 is 0 Å². The molecule has 2 aliphatic heterocycles. The van der Waals surface area contributed by atoms with Crippen LogP contribution in [0.5, 0.6) is 0 Å². The monoisotopic (exact) mass is 187 g/mol. The average Bonchev–Trinajstić information content (AvgIpc) is 2.45. The Morgan fingerprint density at radius 3 is 2.69 bits per heavy atom. The number of rotatable bonds is 1. The molecule has 2 rings (SSSR count). The summed E-state index contributed by atoms with van der Waals surface area (Å²) in [5, 5.41) is 0. The van der Waals surface area contributed by atoms with Crippen LogP contribution in [0.4, 0.5) is 0 Å².